The Kier molecular flexibility index (Phi) is 5.53. The molecule has 2 heterocycles. The van der Waals surface area contributed by atoms with Gasteiger partial charge in [0, 0.05) is 46.9 Å². The lowest BCUT2D eigenvalue weighted by Crippen LogP contribution is -2.25. The Morgan fingerprint density at radius 1 is 1.10 bits per heavy atom. The van der Waals surface area contributed by atoms with Gasteiger partial charge in [-0.25, -0.2) is 0 Å². The van der Waals surface area contributed by atoms with Gasteiger partial charge in [0.15, 0.2) is 12.4 Å². The number of nitrogens with zero attached hydrogens (tertiary/aromatic N) is 1. The van der Waals surface area contributed by atoms with Crippen LogP contribution in [0.1, 0.15) is 21.5 Å². The van der Waals surface area contributed by atoms with E-state index in [9.17, 15) is 10.0 Å². The Bertz CT molecular complexity index is 1230. The standard InChI is InChI=1S/C23H21N5O3/c24-22(25)20-14-27-21-6-1-15(13-19(20)21)7-10-26-23(29)16-2-4-17(5-3-16)31-18-8-11-28(30)12-9-18/h1-6,8-9,11-14,27H,7,10H2,(H3,24,25)(H,26,29). The molecule has 2 aromatic carbocycles. The SMILES string of the molecule is N=C(N)c1c[nH]c2ccc(CCNC(=O)c3ccc(Oc4cc[n+]([O-])cc4)cc3)cc12. The molecule has 4 rings (SSSR count). The van der Waals surface area contributed by atoms with Crippen LogP contribution in [0, 0.1) is 10.6 Å². The van der Waals surface area contributed by atoms with E-state index in [0.717, 1.165) is 16.5 Å². The molecule has 0 spiro atoms. The lowest BCUT2D eigenvalue weighted by atomic mass is 10.1. The van der Waals surface area contributed by atoms with Gasteiger partial charge in [-0.15, -0.1) is 0 Å². The molecule has 0 fully saturated rings. The predicted molar refractivity (Wildman–Crippen MR) is 117 cm³/mol. The van der Waals surface area contributed by atoms with Crippen LogP contribution in [0.2, 0.25) is 0 Å². The van der Waals surface area contributed by atoms with Gasteiger partial charge in [0.25, 0.3) is 5.91 Å². The number of benzene rings is 2. The minimum Gasteiger partial charge on any atom is -0.619 e. The number of aromatic nitrogens is 2. The number of hydrogen-bond acceptors (Lipinski definition) is 4. The van der Waals surface area contributed by atoms with E-state index in [-0.39, 0.29) is 11.7 Å². The minimum atomic E-state index is -0.175. The van der Waals surface area contributed by atoms with Gasteiger partial charge < -0.3 is 26.0 Å². The molecule has 156 valence electrons. The number of carbonyl (C=O) groups is 1. The number of hydrogen-bond donors (Lipinski definition) is 4. The summed E-state index contributed by atoms with van der Waals surface area (Å²) < 4.78 is 6.33. The second kappa shape index (κ2) is 8.58. The number of rotatable bonds is 7. The van der Waals surface area contributed by atoms with Crippen molar-refractivity contribution in [3.8, 4) is 11.5 Å². The maximum atomic E-state index is 12.4. The van der Waals surface area contributed by atoms with Crippen molar-refractivity contribution in [1.82, 2.24) is 10.3 Å². The van der Waals surface area contributed by atoms with Crippen LogP contribution >= 0.6 is 0 Å². The molecule has 0 aliphatic heterocycles. The van der Waals surface area contributed by atoms with Crippen LogP contribution in [0.3, 0.4) is 0 Å². The van der Waals surface area contributed by atoms with Gasteiger partial charge in [0.1, 0.15) is 17.3 Å². The van der Waals surface area contributed by atoms with E-state index in [1.807, 2.05) is 18.2 Å². The number of pyridine rings is 1. The molecule has 8 heteroatoms. The van der Waals surface area contributed by atoms with Crippen molar-refractivity contribution < 1.29 is 14.3 Å². The van der Waals surface area contributed by atoms with Crippen LogP contribution in [0.4, 0.5) is 0 Å². The van der Waals surface area contributed by atoms with Gasteiger partial charge in [-0.1, -0.05) is 6.07 Å². The zero-order chi connectivity index (χ0) is 21.8. The average Bonchev–Trinajstić information content (AvgIpc) is 3.19. The van der Waals surface area contributed by atoms with Crippen molar-refractivity contribution in [3.63, 3.8) is 0 Å². The lowest BCUT2D eigenvalue weighted by molar-refractivity contribution is -0.605. The normalized spacial score (nSPS) is 10.7. The first-order valence-electron chi connectivity index (χ1n) is 9.69. The Hall–Kier alpha value is -4.33. The molecular formula is C23H21N5O3. The molecule has 8 nitrogen and oxygen atoms in total. The number of fused-ring (bicyclic) bond motifs is 1. The maximum Gasteiger partial charge on any atom is 0.251 e. The maximum absolute atomic E-state index is 12.4. The molecule has 0 unspecified atom stereocenters. The highest BCUT2D eigenvalue weighted by atomic mass is 16.5. The molecule has 0 atom stereocenters. The van der Waals surface area contributed by atoms with Gasteiger partial charge in [-0.3, -0.25) is 10.2 Å². The summed E-state index contributed by atoms with van der Waals surface area (Å²) in [6.07, 6.45) is 5.08. The molecular weight excluding hydrogens is 394 g/mol. The molecule has 0 saturated heterocycles. The van der Waals surface area contributed by atoms with Crippen LogP contribution < -0.4 is 20.5 Å². The van der Waals surface area contributed by atoms with Gasteiger partial charge in [0.05, 0.1) is 0 Å². The van der Waals surface area contributed by atoms with Crippen molar-refractivity contribution in [2.45, 2.75) is 6.42 Å². The first-order valence-corrected chi connectivity index (χ1v) is 9.69. The fourth-order valence-electron chi connectivity index (χ4n) is 3.25. The number of ether oxygens (including phenoxy) is 1. The monoisotopic (exact) mass is 415 g/mol. The molecule has 2 aromatic heterocycles. The zero-order valence-electron chi connectivity index (χ0n) is 16.6. The Balaban J connectivity index is 1.33. The van der Waals surface area contributed by atoms with Crippen LogP contribution in [-0.4, -0.2) is 23.3 Å². The smallest absolute Gasteiger partial charge is 0.251 e. The van der Waals surface area contributed by atoms with Crippen molar-refractivity contribution in [2.24, 2.45) is 5.73 Å². The Morgan fingerprint density at radius 2 is 1.81 bits per heavy atom. The number of nitrogen functional groups attached to an aromatic ring is 1. The number of carbonyl (C=O) groups excluding carboxylic acids is 1. The quantitative estimate of drug-likeness (QED) is 0.160. The Morgan fingerprint density at radius 3 is 2.52 bits per heavy atom. The van der Waals surface area contributed by atoms with E-state index in [1.165, 1.54) is 12.4 Å². The first-order chi connectivity index (χ1) is 15.0. The second-order valence-corrected chi connectivity index (χ2v) is 7.02. The van der Waals surface area contributed by atoms with E-state index >= 15 is 0 Å². The largest absolute Gasteiger partial charge is 0.619 e. The van der Waals surface area contributed by atoms with Gasteiger partial charge in [0.2, 0.25) is 0 Å². The van der Waals surface area contributed by atoms with E-state index < -0.39 is 0 Å². The van der Waals surface area contributed by atoms with E-state index in [1.54, 1.807) is 42.6 Å². The van der Waals surface area contributed by atoms with Crippen LogP contribution in [0.15, 0.2) is 73.2 Å². The summed E-state index contributed by atoms with van der Waals surface area (Å²) in [5, 5.41) is 22.5. The molecule has 0 bridgehead atoms. The number of amidine groups is 1. The molecule has 0 saturated carbocycles. The number of H-pyrrole nitrogens is 1. The zero-order valence-corrected chi connectivity index (χ0v) is 16.6. The summed E-state index contributed by atoms with van der Waals surface area (Å²) in [4.78, 5) is 15.5. The predicted octanol–water partition coefficient (Wildman–Crippen LogP) is 2.85. The third-order valence-electron chi connectivity index (χ3n) is 4.86. The summed E-state index contributed by atoms with van der Waals surface area (Å²) >= 11 is 0. The van der Waals surface area contributed by atoms with Gasteiger partial charge in [-0.2, -0.15) is 4.73 Å². The second-order valence-electron chi connectivity index (χ2n) is 7.02. The summed E-state index contributed by atoms with van der Waals surface area (Å²) in [7, 11) is 0. The third-order valence-corrected chi connectivity index (χ3v) is 4.86. The van der Waals surface area contributed by atoms with Crippen molar-refractivity contribution >= 4 is 22.6 Å². The fourth-order valence-corrected chi connectivity index (χ4v) is 3.25. The third kappa shape index (κ3) is 4.64. The average molecular weight is 415 g/mol. The number of amides is 1. The molecule has 0 aliphatic rings. The molecule has 4 aromatic rings. The lowest BCUT2D eigenvalue weighted by Gasteiger charge is -2.08. The fraction of sp³-hybridized carbons (Fsp3) is 0.0870. The number of nitrogens with two attached hydrogens (primary N) is 1. The number of nitrogens with one attached hydrogen (secondary N) is 3. The van der Waals surface area contributed by atoms with E-state index in [0.29, 0.717) is 40.3 Å². The van der Waals surface area contributed by atoms with Crippen molar-refractivity contribution in [3.05, 3.63) is 95.1 Å². The van der Waals surface area contributed by atoms with Crippen LogP contribution in [0.5, 0.6) is 11.5 Å². The topological polar surface area (TPSA) is 131 Å². The highest BCUT2D eigenvalue weighted by Crippen LogP contribution is 2.21. The molecule has 0 aliphatic carbocycles. The van der Waals surface area contributed by atoms with Crippen molar-refractivity contribution in [2.75, 3.05) is 6.54 Å². The molecule has 31 heavy (non-hydrogen) atoms. The van der Waals surface area contributed by atoms with Gasteiger partial charge in [-0.05, 0) is 48.4 Å². The number of aromatic amines is 1. The molecule has 0 radical (unpaired) electrons. The first kappa shape index (κ1) is 20.0. The molecule has 1 amide bonds. The van der Waals surface area contributed by atoms with Crippen LogP contribution in [-0.2, 0) is 6.42 Å². The Labute approximate surface area is 178 Å². The van der Waals surface area contributed by atoms with Gasteiger partial charge >= 0.3 is 0 Å². The van der Waals surface area contributed by atoms with E-state index in [2.05, 4.69) is 10.3 Å². The van der Waals surface area contributed by atoms with Crippen LogP contribution in [0.25, 0.3) is 10.9 Å². The summed E-state index contributed by atoms with van der Waals surface area (Å²) in [5.41, 5.74) is 8.78. The minimum absolute atomic E-state index is 0.0189. The summed E-state index contributed by atoms with van der Waals surface area (Å²) in [6.45, 7) is 0.474. The highest BCUT2D eigenvalue weighted by Gasteiger charge is 2.09. The van der Waals surface area contributed by atoms with E-state index in [4.69, 9.17) is 15.9 Å². The highest BCUT2D eigenvalue weighted by molar-refractivity contribution is 6.07. The summed E-state index contributed by atoms with van der Waals surface area (Å²) in [6, 6.07) is 15.8. The summed E-state index contributed by atoms with van der Waals surface area (Å²) in [5.74, 6) is 0.953. The van der Waals surface area contributed by atoms with Crippen molar-refractivity contribution in [1.29, 1.82) is 5.41 Å². The molecule has 5 N–H and O–H groups in total.